The number of fused-ring (bicyclic) bond motifs is 1. The van der Waals surface area contributed by atoms with Crippen molar-refractivity contribution in [2.75, 3.05) is 43.4 Å². The van der Waals surface area contributed by atoms with Crippen molar-refractivity contribution in [3.8, 4) is 11.3 Å². The lowest BCUT2D eigenvalue weighted by molar-refractivity contribution is 0.300. The summed E-state index contributed by atoms with van der Waals surface area (Å²) in [6.07, 6.45) is 2.90. The zero-order chi connectivity index (χ0) is 22.2. The zero-order valence-corrected chi connectivity index (χ0v) is 18.5. The summed E-state index contributed by atoms with van der Waals surface area (Å²) in [5.74, 6) is 0.443. The maximum atomic E-state index is 12.8. The van der Waals surface area contributed by atoms with Crippen LogP contribution in [0.15, 0.2) is 35.6 Å². The van der Waals surface area contributed by atoms with E-state index in [4.69, 9.17) is 5.73 Å². The van der Waals surface area contributed by atoms with Gasteiger partial charge in [0.15, 0.2) is 21.3 Å². The van der Waals surface area contributed by atoms with Crippen LogP contribution in [0.3, 0.4) is 0 Å². The van der Waals surface area contributed by atoms with Gasteiger partial charge in [0, 0.05) is 31.7 Å². The maximum Gasteiger partial charge on any atom is 0.240 e. The highest BCUT2D eigenvalue weighted by atomic mass is 32.2. The number of benzene rings is 1. The molecule has 0 bridgehead atoms. The Balaban J connectivity index is 1.52. The molecule has 0 spiro atoms. The van der Waals surface area contributed by atoms with Gasteiger partial charge in [-0.2, -0.15) is 5.10 Å². The fourth-order valence-corrected chi connectivity index (χ4v) is 5.78. The molecule has 3 N–H and O–H groups in total. The number of sulfonamides is 1. The molecule has 13 heteroatoms. The minimum Gasteiger partial charge on any atom is -0.381 e. The number of nitrogens with zero attached hydrogens (tertiary/aromatic N) is 5. The highest BCUT2D eigenvalue weighted by Crippen LogP contribution is 2.27. The van der Waals surface area contributed by atoms with Crippen LogP contribution < -0.4 is 10.5 Å². The molecule has 31 heavy (non-hydrogen) atoms. The van der Waals surface area contributed by atoms with E-state index in [2.05, 4.69) is 19.8 Å². The van der Waals surface area contributed by atoms with Gasteiger partial charge in [0.1, 0.15) is 6.33 Å². The number of rotatable bonds is 6. The van der Waals surface area contributed by atoms with Gasteiger partial charge in [-0.25, -0.2) is 36.0 Å². The second-order valence-electron chi connectivity index (χ2n) is 7.39. The third-order valence-electron chi connectivity index (χ3n) is 5.28. The van der Waals surface area contributed by atoms with Crippen LogP contribution in [0.2, 0.25) is 0 Å². The topological polar surface area (TPSA) is 153 Å². The van der Waals surface area contributed by atoms with Crippen molar-refractivity contribution < 1.29 is 16.8 Å². The van der Waals surface area contributed by atoms with E-state index < -0.39 is 19.9 Å². The molecule has 1 fully saturated rings. The molecule has 2 aromatic heterocycles. The molecular formula is C18H23N7O4S2. The molecule has 3 aromatic rings. The lowest BCUT2D eigenvalue weighted by Gasteiger charge is -2.26. The van der Waals surface area contributed by atoms with Crippen LogP contribution in [0, 0.1) is 6.92 Å². The van der Waals surface area contributed by atoms with Crippen molar-refractivity contribution in [1.82, 2.24) is 29.2 Å². The molecular weight excluding hydrogens is 442 g/mol. The number of aryl methyl sites for hydroxylation is 1. The summed E-state index contributed by atoms with van der Waals surface area (Å²) in [6.45, 7) is 3.32. The van der Waals surface area contributed by atoms with Crippen LogP contribution in [0.5, 0.6) is 0 Å². The molecule has 4 rings (SSSR count). The molecule has 0 saturated carbocycles. The highest BCUT2D eigenvalue weighted by molar-refractivity contribution is 7.91. The van der Waals surface area contributed by atoms with Crippen molar-refractivity contribution in [3.63, 3.8) is 0 Å². The number of nitrogens with two attached hydrogens (primary N) is 1. The fourth-order valence-electron chi connectivity index (χ4n) is 3.46. The van der Waals surface area contributed by atoms with E-state index in [0.717, 1.165) is 5.56 Å². The first kappa shape index (κ1) is 21.6. The molecule has 0 atom stereocenters. The van der Waals surface area contributed by atoms with Gasteiger partial charge in [-0.1, -0.05) is 6.07 Å². The molecule has 0 radical (unpaired) electrons. The van der Waals surface area contributed by atoms with Crippen molar-refractivity contribution in [3.05, 3.63) is 36.3 Å². The van der Waals surface area contributed by atoms with Crippen LogP contribution >= 0.6 is 0 Å². The van der Waals surface area contributed by atoms with Crippen molar-refractivity contribution in [1.29, 1.82) is 0 Å². The van der Waals surface area contributed by atoms with Gasteiger partial charge in [0.25, 0.3) is 0 Å². The Morgan fingerprint density at radius 1 is 1.19 bits per heavy atom. The summed E-state index contributed by atoms with van der Waals surface area (Å²) in [6, 6.07) is 4.84. The Hall–Kier alpha value is -2.61. The van der Waals surface area contributed by atoms with Gasteiger partial charge in [0.2, 0.25) is 10.0 Å². The summed E-state index contributed by atoms with van der Waals surface area (Å²) >= 11 is 0. The maximum absolute atomic E-state index is 12.8. The van der Waals surface area contributed by atoms with E-state index in [1.54, 1.807) is 24.4 Å². The Labute approximate surface area is 180 Å². The highest BCUT2D eigenvalue weighted by Gasteiger charge is 2.22. The average molecular weight is 466 g/mol. The van der Waals surface area contributed by atoms with Crippen LogP contribution in [0.4, 0.5) is 5.82 Å². The molecule has 0 aliphatic carbocycles. The number of nitrogen functional groups attached to an aromatic ring is 1. The lowest BCUT2D eigenvalue weighted by Crippen LogP contribution is -2.43. The summed E-state index contributed by atoms with van der Waals surface area (Å²) in [7, 11) is -6.72. The third kappa shape index (κ3) is 4.54. The molecule has 1 saturated heterocycles. The summed E-state index contributed by atoms with van der Waals surface area (Å²) in [4.78, 5) is 10.2. The smallest absolute Gasteiger partial charge is 0.240 e. The quantitative estimate of drug-likeness (QED) is 0.499. The Morgan fingerprint density at radius 3 is 2.68 bits per heavy atom. The number of anilines is 1. The lowest BCUT2D eigenvalue weighted by atomic mass is 10.1. The van der Waals surface area contributed by atoms with Gasteiger partial charge >= 0.3 is 0 Å². The second-order valence-corrected chi connectivity index (χ2v) is 11.5. The van der Waals surface area contributed by atoms with E-state index in [-0.39, 0.29) is 28.8 Å². The second kappa shape index (κ2) is 8.15. The first-order valence-electron chi connectivity index (χ1n) is 9.64. The molecule has 0 amide bonds. The van der Waals surface area contributed by atoms with Crippen molar-refractivity contribution in [2.24, 2.45) is 0 Å². The SMILES string of the molecule is Cc1ccc(S(=O)(=O)NCCN2CCS(=O)(=O)CC2)cc1-c1cnc2c(N)ncnn12. The van der Waals surface area contributed by atoms with Crippen molar-refractivity contribution in [2.45, 2.75) is 11.8 Å². The van der Waals surface area contributed by atoms with Crippen LogP contribution in [-0.2, 0) is 19.9 Å². The monoisotopic (exact) mass is 465 g/mol. The predicted molar refractivity (Wildman–Crippen MR) is 116 cm³/mol. The van der Waals surface area contributed by atoms with Crippen LogP contribution in [0.1, 0.15) is 5.56 Å². The van der Waals surface area contributed by atoms with E-state index in [0.29, 0.717) is 36.5 Å². The largest absolute Gasteiger partial charge is 0.381 e. The number of aromatic nitrogens is 4. The Bertz CT molecular complexity index is 1320. The van der Waals surface area contributed by atoms with E-state index in [9.17, 15) is 16.8 Å². The minimum atomic E-state index is -3.76. The number of nitrogens with one attached hydrogen (secondary N) is 1. The summed E-state index contributed by atoms with van der Waals surface area (Å²) in [5.41, 5.74) is 8.35. The van der Waals surface area contributed by atoms with Crippen molar-refractivity contribution >= 4 is 31.3 Å². The van der Waals surface area contributed by atoms with E-state index in [1.807, 2.05) is 11.8 Å². The number of hydrogen-bond donors (Lipinski definition) is 2. The Morgan fingerprint density at radius 2 is 1.94 bits per heavy atom. The summed E-state index contributed by atoms with van der Waals surface area (Å²) in [5, 5.41) is 4.17. The molecule has 1 aliphatic heterocycles. The third-order valence-corrected chi connectivity index (χ3v) is 8.35. The Kier molecular flexibility index (Phi) is 5.68. The number of sulfone groups is 1. The fraction of sp³-hybridized carbons (Fsp3) is 0.389. The van der Waals surface area contributed by atoms with Crippen LogP contribution in [0.25, 0.3) is 16.9 Å². The first-order chi connectivity index (χ1) is 14.7. The van der Waals surface area contributed by atoms with E-state index in [1.165, 1.54) is 10.8 Å². The normalized spacial score (nSPS) is 17.2. The zero-order valence-electron chi connectivity index (χ0n) is 16.9. The molecule has 3 heterocycles. The molecule has 166 valence electrons. The molecule has 11 nitrogen and oxygen atoms in total. The predicted octanol–water partition coefficient (Wildman–Crippen LogP) is -0.309. The van der Waals surface area contributed by atoms with Gasteiger partial charge in [-0.15, -0.1) is 0 Å². The van der Waals surface area contributed by atoms with E-state index >= 15 is 0 Å². The van der Waals surface area contributed by atoms with Gasteiger partial charge in [-0.3, -0.25) is 0 Å². The molecule has 1 aliphatic rings. The standard InChI is InChI=1S/C18H23N7O4S2/c1-13-2-3-14(10-15(13)16-11-20-18-17(19)21-12-22-25(16)18)31(28,29)23-4-5-24-6-8-30(26,27)9-7-24/h2-3,10-12,23H,4-9H2,1H3,(H2,19,21,22). The summed E-state index contributed by atoms with van der Waals surface area (Å²) < 4.78 is 52.8. The first-order valence-corrected chi connectivity index (χ1v) is 12.9. The van der Waals surface area contributed by atoms with Gasteiger partial charge < -0.3 is 10.6 Å². The number of imidazole rings is 1. The molecule has 0 unspecified atom stereocenters. The average Bonchev–Trinajstić information content (AvgIpc) is 3.15. The molecule has 1 aromatic carbocycles. The van der Waals surface area contributed by atoms with Gasteiger partial charge in [-0.05, 0) is 24.6 Å². The van der Waals surface area contributed by atoms with Gasteiger partial charge in [0.05, 0.1) is 28.3 Å². The van der Waals surface area contributed by atoms with Crippen LogP contribution in [-0.4, -0.2) is 79.0 Å². The number of hydrogen-bond acceptors (Lipinski definition) is 9. The minimum absolute atomic E-state index is 0.106.